The average Bonchev–Trinajstić information content (AvgIpc) is 2.29. The second-order valence-electron chi connectivity index (χ2n) is 3.83. The van der Waals surface area contributed by atoms with Crippen LogP contribution in [-0.2, 0) is 0 Å². The Balaban J connectivity index is 0.000000853. The molecule has 2 heterocycles. The fourth-order valence-corrected chi connectivity index (χ4v) is 3.41. The largest absolute Gasteiger partial charge is 0.364 e. The van der Waals surface area contributed by atoms with E-state index in [1.807, 2.05) is 11.8 Å². The molecule has 1 fully saturated rings. The van der Waals surface area contributed by atoms with Gasteiger partial charge in [0.05, 0.1) is 11.7 Å². The smallest absolute Gasteiger partial charge is 0.0509 e. The summed E-state index contributed by atoms with van der Waals surface area (Å²) in [7, 11) is 0. The van der Waals surface area contributed by atoms with Crippen LogP contribution in [0.2, 0.25) is 0 Å². The third kappa shape index (κ3) is 1.96. The van der Waals surface area contributed by atoms with Crippen LogP contribution in [0.15, 0.2) is 29.2 Å². The molecule has 1 N–H and O–H groups in total. The van der Waals surface area contributed by atoms with Crippen LogP contribution < -0.4 is 10.2 Å². The number of rotatable bonds is 0. The molecule has 2 nitrogen and oxygen atoms in total. The summed E-state index contributed by atoms with van der Waals surface area (Å²) in [6.07, 6.45) is 0. The standard InChI is InChI=1S/C11H14N2S.ClH/c1-2-4-11-10(3-1)13-6-5-12-7-9(13)8-14-11;/h1-4,9,12H,5-8H2;1H. The van der Waals surface area contributed by atoms with Gasteiger partial charge in [0.15, 0.2) is 0 Å². The van der Waals surface area contributed by atoms with Crippen molar-refractivity contribution in [1.29, 1.82) is 0 Å². The molecule has 82 valence electrons. The molecule has 0 spiro atoms. The van der Waals surface area contributed by atoms with Gasteiger partial charge in [-0.2, -0.15) is 0 Å². The Labute approximate surface area is 101 Å². The zero-order valence-corrected chi connectivity index (χ0v) is 10.1. The van der Waals surface area contributed by atoms with E-state index in [4.69, 9.17) is 0 Å². The molecule has 2 aliphatic heterocycles. The summed E-state index contributed by atoms with van der Waals surface area (Å²) in [5, 5.41) is 3.46. The molecule has 0 bridgehead atoms. The van der Waals surface area contributed by atoms with Crippen molar-refractivity contribution in [2.75, 3.05) is 30.3 Å². The summed E-state index contributed by atoms with van der Waals surface area (Å²) < 4.78 is 0. The van der Waals surface area contributed by atoms with E-state index < -0.39 is 0 Å². The average molecular weight is 243 g/mol. The molecule has 0 aromatic heterocycles. The van der Waals surface area contributed by atoms with Crippen LogP contribution in [0.5, 0.6) is 0 Å². The van der Waals surface area contributed by atoms with Crippen LogP contribution in [0.1, 0.15) is 0 Å². The van der Waals surface area contributed by atoms with E-state index in [9.17, 15) is 0 Å². The SMILES string of the molecule is Cl.c1ccc2c(c1)SCC1CNCCN21. The van der Waals surface area contributed by atoms with Gasteiger partial charge in [-0.15, -0.1) is 24.2 Å². The normalized spacial score (nSPS) is 23.7. The lowest BCUT2D eigenvalue weighted by Gasteiger charge is -2.41. The fourth-order valence-electron chi connectivity index (χ4n) is 2.23. The molecule has 15 heavy (non-hydrogen) atoms. The van der Waals surface area contributed by atoms with Crippen molar-refractivity contribution in [3.63, 3.8) is 0 Å². The van der Waals surface area contributed by atoms with Gasteiger partial charge in [-0.05, 0) is 12.1 Å². The second-order valence-corrected chi connectivity index (χ2v) is 4.89. The molecule has 1 unspecified atom stereocenters. The maximum Gasteiger partial charge on any atom is 0.0509 e. The predicted molar refractivity (Wildman–Crippen MR) is 68.4 cm³/mol. The molecule has 1 saturated heterocycles. The first-order valence-corrected chi connectivity index (χ1v) is 6.13. The van der Waals surface area contributed by atoms with Crippen molar-refractivity contribution in [2.45, 2.75) is 10.9 Å². The van der Waals surface area contributed by atoms with Gasteiger partial charge in [0.2, 0.25) is 0 Å². The van der Waals surface area contributed by atoms with E-state index in [0.717, 1.165) is 19.6 Å². The van der Waals surface area contributed by atoms with E-state index in [1.165, 1.54) is 16.3 Å². The minimum Gasteiger partial charge on any atom is -0.364 e. The molecule has 1 aromatic rings. The lowest BCUT2D eigenvalue weighted by molar-refractivity contribution is 0.500. The number of thioether (sulfide) groups is 1. The molecule has 2 aliphatic rings. The highest BCUT2D eigenvalue weighted by Crippen LogP contribution is 2.37. The summed E-state index contributed by atoms with van der Waals surface area (Å²) >= 11 is 1.99. The Bertz CT molecular complexity index is 345. The summed E-state index contributed by atoms with van der Waals surface area (Å²) in [4.78, 5) is 4.01. The lowest BCUT2D eigenvalue weighted by Crippen LogP contribution is -2.54. The number of fused-ring (bicyclic) bond motifs is 3. The predicted octanol–water partition coefficient (Wildman–Crippen LogP) is 1.99. The van der Waals surface area contributed by atoms with Crippen LogP contribution in [-0.4, -0.2) is 31.4 Å². The first kappa shape index (κ1) is 11.1. The third-order valence-electron chi connectivity index (χ3n) is 2.96. The molecule has 1 aromatic carbocycles. The van der Waals surface area contributed by atoms with E-state index in [-0.39, 0.29) is 12.4 Å². The Morgan fingerprint density at radius 3 is 3.13 bits per heavy atom. The maximum absolute atomic E-state index is 3.46. The minimum atomic E-state index is 0. The molecule has 0 aliphatic carbocycles. The van der Waals surface area contributed by atoms with Gasteiger partial charge >= 0.3 is 0 Å². The first-order chi connectivity index (χ1) is 6.95. The molecule has 0 amide bonds. The highest BCUT2D eigenvalue weighted by molar-refractivity contribution is 7.99. The molecule has 4 heteroatoms. The van der Waals surface area contributed by atoms with Crippen LogP contribution in [0, 0.1) is 0 Å². The van der Waals surface area contributed by atoms with Gasteiger partial charge in [-0.3, -0.25) is 0 Å². The van der Waals surface area contributed by atoms with Gasteiger partial charge < -0.3 is 10.2 Å². The van der Waals surface area contributed by atoms with Gasteiger partial charge in [0, 0.05) is 30.3 Å². The number of hydrogen-bond acceptors (Lipinski definition) is 3. The highest BCUT2D eigenvalue weighted by Gasteiger charge is 2.28. The summed E-state index contributed by atoms with van der Waals surface area (Å²) in [5.41, 5.74) is 1.44. The number of benzene rings is 1. The van der Waals surface area contributed by atoms with Gasteiger partial charge in [0.25, 0.3) is 0 Å². The Hall–Kier alpha value is -0.380. The van der Waals surface area contributed by atoms with E-state index >= 15 is 0 Å². The van der Waals surface area contributed by atoms with Gasteiger partial charge in [0.1, 0.15) is 0 Å². The van der Waals surface area contributed by atoms with Crippen molar-refractivity contribution in [1.82, 2.24) is 5.32 Å². The maximum atomic E-state index is 3.46. The fraction of sp³-hybridized carbons (Fsp3) is 0.455. The number of nitrogens with one attached hydrogen (secondary N) is 1. The number of anilines is 1. The first-order valence-electron chi connectivity index (χ1n) is 5.14. The molecule has 0 saturated carbocycles. The topological polar surface area (TPSA) is 15.3 Å². The molecule has 1 atom stereocenters. The van der Waals surface area contributed by atoms with Gasteiger partial charge in [-0.1, -0.05) is 12.1 Å². The van der Waals surface area contributed by atoms with Crippen molar-refractivity contribution in [3.05, 3.63) is 24.3 Å². The molecular formula is C11H15ClN2S. The Kier molecular flexibility index (Phi) is 3.44. The Morgan fingerprint density at radius 1 is 1.33 bits per heavy atom. The summed E-state index contributed by atoms with van der Waals surface area (Å²) in [6.45, 7) is 3.42. The number of piperazine rings is 1. The van der Waals surface area contributed by atoms with Crippen molar-refractivity contribution in [3.8, 4) is 0 Å². The van der Waals surface area contributed by atoms with Crippen LogP contribution in [0.25, 0.3) is 0 Å². The summed E-state index contributed by atoms with van der Waals surface area (Å²) in [6, 6.07) is 9.46. The second kappa shape index (κ2) is 4.64. The zero-order valence-electron chi connectivity index (χ0n) is 8.48. The van der Waals surface area contributed by atoms with Gasteiger partial charge in [-0.25, -0.2) is 0 Å². The van der Waals surface area contributed by atoms with Crippen LogP contribution in [0.3, 0.4) is 0 Å². The molecular weight excluding hydrogens is 228 g/mol. The number of halogens is 1. The lowest BCUT2D eigenvalue weighted by atomic mass is 10.1. The molecule has 0 radical (unpaired) electrons. The van der Waals surface area contributed by atoms with E-state index in [0.29, 0.717) is 6.04 Å². The van der Waals surface area contributed by atoms with Crippen LogP contribution >= 0.6 is 24.2 Å². The Morgan fingerprint density at radius 2 is 2.20 bits per heavy atom. The summed E-state index contributed by atoms with van der Waals surface area (Å²) in [5.74, 6) is 1.23. The van der Waals surface area contributed by atoms with Crippen molar-refractivity contribution < 1.29 is 0 Å². The van der Waals surface area contributed by atoms with Crippen molar-refractivity contribution in [2.24, 2.45) is 0 Å². The van der Waals surface area contributed by atoms with E-state index in [2.05, 4.69) is 34.5 Å². The number of hydrogen-bond donors (Lipinski definition) is 1. The van der Waals surface area contributed by atoms with E-state index in [1.54, 1.807) is 0 Å². The minimum absolute atomic E-state index is 0. The van der Waals surface area contributed by atoms with Crippen LogP contribution in [0.4, 0.5) is 5.69 Å². The van der Waals surface area contributed by atoms with Crippen molar-refractivity contribution >= 4 is 29.9 Å². The number of para-hydroxylation sites is 1. The monoisotopic (exact) mass is 242 g/mol. The zero-order chi connectivity index (χ0) is 9.38. The molecule has 3 rings (SSSR count). The highest BCUT2D eigenvalue weighted by atomic mass is 35.5. The quantitative estimate of drug-likeness (QED) is 0.749. The number of nitrogens with zero attached hydrogens (tertiary/aromatic N) is 1. The third-order valence-corrected chi connectivity index (χ3v) is 4.16.